The van der Waals surface area contributed by atoms with Crippen molar-refractivity contribution in [3.8, 4) is 0 Å². The van der Waals surface area contributed by atoms with E-state index in [0.717, 1.165) is 13.1 Å². The van der Waals surface area contributed by atoms with Gasteiger partial charge in [0.1, 0.15) is 0 Å². The summed E-state index contributed by atoms with van der Waals surface area (Å²) in [4.78, 5) is 1.30. The van der Waals surface area contributed by atoms with Crippen LogP contribution in [0.15, 0.2) is 21.5 Å². The van der Waals surface area contributed by atoms with Crippen molar-refractivity contribution in [1.82, 2.24) is 5.32 Å². The summed E-state index contributed by atoms with van der Waals surface area (Å²) in [7, 11) is 0. The van der Waals surface area contributed by atoms with Crippen LogP contribution in [-0.4, -0.2) is 13.1 Å². The van der Waals surface area contributed by atoms with Crippen molar-refractivity contribution in [3.05, 3.63) is 26.4 Å². The predicted molar refractivity (Wildman–Crippen MR) is 64.2 cm³/mol. The minimum Gasteiger partial charge on any atom is -0.313 e. The molecule has 1 aromatic rings. The molecule has 3 heteroatoms. The molecule has 0 amide bonds. The minimum absolute atomic E-state index is 0.973. The highest BCUT2D eigenvalue weighted by molar-refractivity contribution is 9.10. The van der Waals surface area contributed by atoms with Gasteiger partial charge in [0.2, 0.25) is 0 Å². The molecule has 1 aromatic heterocycles. The van der Waals surface area contributed by atoms with Gasteiger partial charge in [-0.1, -0.05) is 12.5 Å². The third-order valence-corrected chi connectivity index (χ3v) is 3.49. The van der Waals surface area contributed by atoms with E-state index in [0.29, 0.717) is 0 Å². The third kappa shape index (κ3) is 3.63. The van der Waals surface area contributed by atoms with Crippen LogP contribution in [0.1, 0.15) is 18.7 Å². The van der Waals surface area contributed by atoms with Crippen molar-refractivity contribution >= 4 is 33.3 Å². The summed E-state index contributed by atoms with van der Waals surface area (Å²) in [6, 6.07) is 2.08. The van der Waals surface area contributed by atoms with Crippen LogP contribution in [0.25, 0.3) is 6.08 Å². The Bertz CT molecular complexity index is 291. The van der Waals surface area contributed by atoms with Crippen LogP contribution in [0.4, 0.5) is 0 Å². The Labute approximate surface area is 92.0 Å². The Balaban J connectivity index is 2.60. The summed E-state index contributed by atoms with van der Waals surface area (Å²) in [5.74, 6) is 0. The van der Waals surface area contributed by atoms with Gasteiger partial charge < -0.3 is 5.32 Å². The van der Waals surface area contributed by atoms with Gasteiger partial charge in [0, 0.05) is 15.9 Å². The lowest BCUT2D eigenvalue weighted by Gasteiger charge is -2.00. The molecule has 0 spiro atoms. The first kappa shape index (κ1) is 11.0. The van der Waals surface area contributed by atoms with Crippen LogP contribution < -0.4 is 5.32 Å². The molecule has 0 unspecified atom stereocenters. The molecule has 1 nitrogen and oxygen atoms in total. The van der Waals surface area contributed by atoms with E-state index >= 15 is 0 Å². The molecule has 13 heavy (non-hydrogen) atoms. The molecule has 0 aromatic carbocycles. The Morgan fingerprint density at radius 3 is 3.00 bits per heavy atom. The zero-order valence-corrected chi connectivity index (χ0v) is 10.3. The van der Waals surface area contributed by atoms with Gasteiger partial charge >= 0.3 is 0 Å². The van der Waals surface area contributed by atoms with Crippen molar-refractivity contribution < 1.29 is 0 Å². The van der Waals surface area contributed by atoms with E-state index in [1.807, 2.05) is 0 Å². The van der Waals surface area contributed by atoms with Crippen LogP contribution in [0.5, 0.6) is 0 Å². The summed E-state index contributed by atoms with van der Waals surface area (Å²) in [5, 5.41) is 5.39. The first-order chi connectivity index (χ1) is 6.24. The molecule has 1 N–H and O–H groups in total. The highest BCUT2D eigenvalue weighted by atomic mass is 79.9. The molecule has 0 atom stereocenters. The fraction of sp³-hybridized carbons (Fsp3) is 0.400. The van der Waals surface area contributed by atoms with Crippen LogP contribution in [-0.2, 0) is 0 Å². The van der Waals surface area contributed by atoms with Gasteiger partial charge in [0.15, 0.2) is 0 Å². The monoisotopic (exact) mass is 259 g/mol. The molecule has 0 aliphatic rings. The molecule has 1 rings (SSSR count). The number of halogens is 1. The van der Waals surface area contributed by atoms with Crippen molar-refractivity contribution in [2.45, 2.75) is 13.8 Å². The Morgan fingerprint density at radius 2 is 2.46 bits per heavy atom. The fourth-order valence-corrected chi connectivity index (χ4v) is 2.51. The van der Waals surface area contributed by atoms with E-state index in [1.54, 1.807) is 11.3 Å². The number of likely N-dealkylation sites (N-methyl/N-ethyl adjacent to an activating group) is 1. The highest BCUT2D eigenvalue weighted by Crippen LogP contribution is 2.24. The molecule has 0 fully saturated rings. The zero-order chi connectivity index (χ0) is 9.68. The average molecular weight is 260 g/mol. The summed E-state index contributed by atoms with van der Waals surface area (Å²) in [6.45, 7) is 6.26. The maximum atomic E-state index is 3.51. The maximum absolute atomic E-state index is 3.51. The lowest BCUT2D eigenvalue weighted by molar-refractivity contribution is 0.779. The van der Waals surface area contributed by atoms with Gasteiger partial charge in [-0.25, -0.2) is 0 Å². The van der Waals surface area contributed by atoms with E-state index < -0.39 is 0 Å². The molecule has 72 valence electrons. The van der Waals surface area contributed by atoms with E-state index in [2.05, 4.69) is 52.6 Å². The Hall–Kier alpha value is -0.120. The van der Waals surface area contributed by atoms with Crippen LogP contribution in [0.3, 0.4) is 0 Å². The maximum Gasteiger partial charge on any atom is 0.0412 e. The Kier molecular flexibility index (Phi) is 4.70. The quantitative estimate of drug-likeness (QED) is 0.873. The highest BCUT2D eigenvalue weighted by Gasteiger charge is 1.97. The summed E-state index contributed by atoms with van der Waals surface area (Å²) in [6.07, 6.45) is 2.22. The third-order valence-electron chi connectivity index (χ3n) is 1.68. The molecule has 0 aliphatic carbocycles. The van der Waals surface area contributed by atoms with Gasteiger partial charge in [-0.3, -0.25) is 0 Å². The van der Waals surface area contributed by atoms with Crippen molar-refractivity contribution in [2.75, 3.05) is 13.1 Å². The van der Waals surface area contributed by atoms with Gasteiger partial charge in [-0.05, 0) is 46.9 Å². The Morgan fingerprint density at radius 1 is 1.69 bits per heavy atom. The van der Waals surface area contributed by atoms with Crippen LogP contribution >= 0.6 is 27.3 Å². The smallest absolute Gasteiger partial charge is 0.0412 e. The predicted octanol–water partition coefficient (Wildman–Crippen LogP) is 3.52. The van der Waals surface area contributed by atoms with Crippen molar-refractivity contribution in [1.29, 1.82) is 0 Å². The zero-order valence-electron chi connectivity index (χ0n) is 7.93. The van der Waals surface area contributed by atoms with E-state index in [9.17, 15) is 0 Å². The average Bonchev–Trinajstić information content (AvgIpc) is 2.48. The molecular weight excluding hydrogens is 246 g/mol. The normalized spacial score (nSPS) is 12.1. The van der Waals surface area contributed by atoms with Gasteiger partial charge in [-0.2, -0.15) is 0 Å². The molecule has 0 saturated heterocycles. The minimum atomic E-state index is 0.973. The van der Waals surface area contributed by atoms with E-state index in [-0.39, 0.29) is 0 Å². The molecule has 0 radical (unpaired) electrons. The van der Waals surface area contributed by atoms with Crippen molar-refractivity contribution in [2.24, 2.45) is 0 Å². The number of hydrogen-bond acceptors (Lipinski definition) is 2. The lowest BCUT2D eigenvalue weighted by Crippen LogP contribution is -2.14. The number of rotatable bonds is 4. The first-order valence-electron chi connectivity index (χ1n) is 4.35. The molecule has 0 saturated carbocycles. The molecule has 1 heterocycles. The van der Waals surface area contributed by atoms with E-state index in [4.69, 9.17) is 0 Å². The fourth-order valence-electron chi connectivity index (χ4n) is 1.01. The second-order valence-electron chi connectivity index (χ2n) is 2.90. The summed E-state index contributed by atoms with van der Waals surface area (Å²) < 4.78 is 1.19. The number of hydrogen-bond donors (Lipinski definition) is 1. The molecule has 0 bridgehead atoms. The number of nitrogens with one attached hydrogen (secondary N) is 1. The van der Waals surface area contributed by atoms with Crippen LogP contribution in [0, 0.1) is 0 Å². The van der Waals surface area contributed by atoms with Crippen LogP contribution in [0.2, 0.25) is 0 Å². The van der Waals surface area contributed by atoms with Crippen molar-refractivity contribution in [3.63, 3.8) is 0 Å². The number of thiophene rings is 1. The largest absolute Gasteiger partial charge is 0.313 e. The first-order valence-corrected chi connectivity index (χ1v) is 6.02. The molecular formula is C10H14BrNS. The second kappa shape index (κ2) is 5.58. The van der Waals surface area contributed by atoms with Gasteiger partial charge in [0.05, 0.1) is 0 Å². The van der Waals surface area contributed by atoms with E-state index in [1.165, 1.54) is 14.9 Å². The second-order valence-corrected chi connectivity index (χ2v) is 4.71. The van der Waals surface area contributed by atoms with Gasteiger partial charge in [0.25, 0.3) is 0 Å². The topological polar surface area (TPSA) is 12.0 Å². The standard InChI is InChI=1S/C10H14BrNS/c1-3-12-7-8(2)6-10-9(11)4-5-13-10/h4-6,12H,3,7H2,1-2H3/b8-6+. The molecule has 0 aliphatic heterocycles. The lowest BCUT2D eigenvalue weighted by atomic mass is 10.2. The summed E-state index contributed by atoms with van der Waals surface area (Å²) in [5.41, 5.74) is 1.37. The summed E-state index contributed by atoms with van der Waals surface area (Å²) >= 11 is 5.27. The van der Waals surface area contributed by atoms with Gasteiger partial charge in [-0.15, -0.1) is 11.3 Å². The SMILES string of the molecule is CCNC/C(C)=C/c1sccc1Br.